The molecule has 6 N–H and O–H groups in total. The lowest BCUT2D eigenvalue weighted by Crippen LogP contribution is -2.31. The maximum Gasteiger partial charge on any atom is 0.271 e. The van der Waals surface area contributed by atoms with Gasteiger partial charge in [0.25, 0.3) is 11.5 Å². The Morgan fingerprint density at radius 3 is 2.33 bits per heavy atom. The average Bonchev–Trinajstić information content (AvgIpc) is 3.40. The van der Waals surface area contributed by atoms with E-state index in [9.17, 15) is 19.2 Å². The zero-order valence-electron chi connectivity index (χ0n) is 26.2. The summed E-state index contributed by atoms with van der Waals surface area (Å²) in [5.41, 5.74) is 11.4. The molecule has 1 fully saturated rings. The fourth-order valence-corrected chi connectivity index (χ4v) is 6.33. The molecule has 0 radical (unpaired) electrons. The quantitative estimate of drug-likeness (QED) is 0.152. The molecule has 1 heterocycles. The summed E-state index contributed by atoms with van der Waals surface area (Å²) in [7, 11) is 0. The van der Waals surface area contributed by atoms with Crippen molar-refractivity contribution in [1.82, 2.24) is 15.5 Å². The maximum atomic E-state index is 13.7. The van der Waals surface area contributed by atoms with Crippen LogP contribution in [0.5, 0.6) is 0 Å². The van der Waals surface area contributed by atoms with Crippen molar-refractivity contribution < 1.29 is 14.4 Å². The van der Waals surface area contributed by atoms with Gasteiger partial charge in [-0.2, -0.15) is 0 Å². The lowest BCUT2D eigenvalue weighted by atomic mass is 9.77. The van der Waals surface area contributed by atoms with E-state index in [2.05, 4.69) is 20.8 Å². The van der Waals surface area contributed by atoms with E-state index in [4.69, 9.17) is 5.73 Å². The van der Waals surface area contributed by atoms with Crippen LogP contribution in [-0.4, -0.2) is 40.4 Å². The van der Waals surface area contributed by atoms with E-state index < -0.39 is 5.92 Å². The number of carbonyl (C=O) groups is 3. The summed E-state index contributed by atoms with van der Waals surface area (Å²) in [6.07, 6.45) is 4.10. The van der Waals surface area contributed by atoms with Crippen molar-refractivity contribution in [2.75, 3.05) is 11.9 Å². The lowest BCUT2D eigenvalue weighted by Gasteiger charge is -2.27. The zero-order valence-corrected chi connectivity index (χ0v) is 26.2. The van der Waals surface area contributed by atoms with Gasteiger partial charge < -0.3 is 16.4 Å². The molecule has 9 nitrogen and oxygen atoms in total. The van der Waals surface area contributed by atoms with Gasteiger partial charge in [-0.3, -0.25) is 29.4 Å². The smallest absolute Gasteiger partial charge is 0.271 e. The van der Waals surface area contributed by atoms with Crippen LogP contribution in [0.1, 0.15) is 67.4 Å². The van der Waals surface area contributed by atoms with Crippen LogP contribution in [0.3, 0.4) is 0 Å². The summed E-state index contributed by atoms with van der Waals surface area (Å²) in [6.45, 7) is 6.51. The highest BCUT2D eigenvalue weighted by Crippen LogP contribution is 2.31. The van der Waals surface area contributed by atoms with Gasteiger partial charge in [-0.05, 0) is 118 Å². The predicted octanol–water partition coefficient (Wildman–Crippen LogP) is 5.49. The Kier molecular flexibility index (Phi) is 9.98. The third-order valence-electron chi connectivity index (χ3n) is 8.95. The number of hydrogen-bond donors (Lipinski definition) is 5. The summed E-state index contributed by atoms with van der Waals surface area (Å²) in [6, 6.07) is 18.9. The molecule has 3 aromatic carbocycles. The van der Waals surface area contributed by atoms with Crippen molar-refractivity contribution >= 4 is 34.2 Å². The Labute approximate surface area is 263 Å². The van der Waals surface area contributed by atoms with Crippen molar-refractivity contribution in [3.8, 4) is 11.1 Å². The molecule has 9 heteroatoms. The van der Waals surface area contributed by atoms with E-state index in [-0.39, 0.29) is 41.5 Å². The van der Waals surface area contributed by atoms with Gasteiger partial charge in [0.1, 0.15) is 5.78 Å². The third-order valence-corrected chi connectivity index (χ3v) is 8.95. The molecule has 0 bridgehead atoms. The van der Waals surface area contributed by atoms with E-state index >= 15 is 0 Å². The molecular formula is C36H43N5O4. The predicted molar refractivity (Wildman–Crippen MR) is 178 cm³/mol. The molecule has 1 aromatic heterocycles. The van der Waals surface area contributed by atoms with Crippen molar-refractivity contribution in [2.45, 2.75) is 65.3 Å². The molecule has 1 unspecified atom stereocenters. The van der Waals surface area contributed by atoms with Gasteiger partial charge in [0.05, 0.1) is 10.9 Å². The molecular weight excluding hydrogens is 566 g/mol. The fraction of sp³-hybridized carbons (Fsp3) is 0.389. The fourth-order valence-electron chi connectivity index (χ4n) is 6.33. The first-order chi connectivity index (χ1) is 21.6. The van der Waals surface area contributed by atoms with Crippen molar-refractivity contribution in [1.29, 1.82) is 0 Å². The zero-order chi connectivity index (χ0) is 32.1. The van der Waals surface area contributed by atoms with Crippen LogP contribution in [0.15, 0.2) is 65.5 Å². The number of hydrogen-bond acceptors (Lipinski definition) is 5. The number of fused-ring (bicyclic) bond motifs is 1. The number of rotatable bonds is 11. The minimum atomic E-state index is -0.558. The number of aryl methyl sites for hydroxylation is 1. The first-order valence-corrected chi connectivity index (χ1v) is 15.9. The second-order valence-corrected chi connectivity index (χ2v) is 12.7. The van der Waals surface area contributed by atoms with Crippen LogP contribution in [0.25, 0.3) is 22.0 Å². The van der Waals surface area contributed by atoms with Crippen LogP contribution in [0.2, 0.25) is 0 Å². The SMILES string of the molecule is Cc1cc(C(=O)NC(C)C)ccc1-c1ccc(CC(CC(=O)C2CCC(CN)CC2)C(=O)Nc2ccc3c(=O)[nH][nH]c3c2)cc1. The van der Waals surface area contributed by atoms with Crippen LogP contribution in [0, 0.1) is 24.7 Å². The standard InChI is InChI=1S/C36H43N5O4/c1-21(2)38-34(43)27-12-14-30(22(3)16-27)25-8-4-23(5-9-25)17-28(18-33(42)26-10-6-24(20-37)7-11-26)35(44)39-29-13-15-31-32(19-29)40-41-36(31)45/h4-5,8-9,12-16,19,21,24,26,28H,6-7,10-11,17-18,20,37H2,1-3H3,(H,38,43)(H,39,44)(H2,40,41,45). The summed E-state index contributed by atoms with van der Waals surface area (Å²) in [5, 5.41) is 11.8. The third kappa shape index (κ3) is 7.78. The van der Waals surface area contributed by atoms with Gasteiger partial charge in [0.2, 0.25) is 5.91 Å². The van der Waals surface area contributed by atoms with Gasteiger partial charge in [-0.25, -0.2) is 0 Å². The number of carbonyl (C=O) groups excluding carboxylic acids is 3. The summed E-state index contributed by atoms with van der Waals surface area (Å²) in [5.74, 6) is -0.324. The minimum Gasteiger partial charge on any atom is -0.350 e. The summed E-state index contributed by atoms with van der Waals surface area (Å²) >= 11 is 0. The molecule has 2 amide bonds. The Balaban J connectivity index is 1.32. The molecule has 45 heavy (non-hydrogen) atoms. The Morgan fingerprint density at radius 2 is 1.67 bits per heavy atom. The highest BCUT2D eigenvalue weighted by Gasteiger charge is 2.30. The normalized spacial score (nSPS) is 17.3. The minimum absolute atomic E-state index is 0.0414. The molecule has 1 aliphatic carbocycles. The molecule has 236 valence electrons. The van der Waals surface area contributed by atoms with Crippen LogP contribution in [-0.2, 0) is 16.0 Å². The number of aromatic nitrogens is 2. The number of nitrogens with one attached hydrogen (secondary N) is 4. The van der Waals surface area contributed by atoms with Gasteiger partial charge in [0.15, 0.2) is 0 Å². The molecule has 1 aliphatic rings. The Morgan fingerprint density at radius 1 is 0.933 bits per heavy atom. The van der Waals surface area contributed by atoms with E-state index in [0.717, 1.165) is 47.9 Å². The maximum absolute atomic E-state index is 13.7. The highest BCUT2D eigenvalue weighted by atomic mass is 16.2. The van der Waals surface area contributed by atoms with Gasteiger partial charge in [-0.1, -0.05) is 30.3 Å². The number of aromatic amines is 2. The van der Waals surface area contributed by atoms with Crippen molar-refractivity contribution in [3.05, 3.63) is 87.7 Å². The molecule has 1 saturated carbocycles. The molecule has 5 rings (SSSR count). The number of H-pyrrole nitrogens is 2. The number of nitrogens with two attached hydrogens (primary N) is 1. The Hall–Kier alpha value is -4.50. The van der Waals surface area contributed by atoms with Crippen LogP contribution in [0.4, 0.5) is 5.69 Å². The van der Waals surface area contributed by atoms with E-state index in [1.165, 1.54) is 0 Å². The molecule has 0 aliphatic heterocycles. The summed E-state index contributed by atoms with van der Waals surface area (Å²) in [4.78, 5) is 51.5. The van der Waals surface area contributed by atoms with Crippen LogP contribution < -0.4 is 21.9 Å². The monoisotopic (exact) mass is 609 g/mol. The molecule has 1 atom stereocenters. The largest absolute Gasteiger partial charge is 0.350 e. The van der Waals surface area contributed by atoms with Gasteiger partial charge in [0, 0.05) is 35.5 Å². The second-order valence-electron chi connectivity index (χ2n) is 12.7. The van der Waals surface area contributed by atoms with E-state index in [0.29, 0.717) is 41.0 Å². The topological polar surface area (TPSA) is 150 Å². The number of ketones is 1. The van der Waals surface area contributed by atoms with Gasteiger partial charge >= 0.3 is 0 Å². The van der Waals surface area contributed by atoms with Crippen molar-refractivity contribution in [3.63, 3.8) is 0 Å². The average molecular weight is 610 g/mol. The number of amides is 2. The highest BCUT2D eigenvalue weighted by molar-refractivity contribution is 5.98. The van der Waals surface area contributed by atoms with Crippen molar-refractivity contribution in [2.24, 2.45) is 23.5 Å². The molecule has 0 spiro atoms. The van der Waals surface area contributed by atoms with E-state index in [1.54, 1.807) is 18.2 Å². The lowest BCUT2D eigenvalue weighted by molar-refractivity contribution is -0.129. The second kappa shape index (κ2) is 14.1. The first-order valence-electron chi connectivity index (χ1n) is 15.9. The Bertz CT molecular complexity index is 1730. The molecule has 0 saturated heterocycles. The number of benzene rings is 3. The number of anilines is 1. The van der Waals surface area contributed by atoms with Gasteiger partial charge in [-0.15, -0.1) is 0 Å². The van der Waals surface area contributed by atoms with Crippen LogP contribution >= 0.6 is 0 Å². The number of Topliss-reactive ketones (excluding diaryl/α,β-unsaturated/α-hetero) is 1. The van der Waals surface area contributed by atoms with E-state index in [1.807, 2.05) is 63.2 Å². The first kappa shape index (κ1) is 31.9. The summed E-state index contributed by atoms with van der Waals surface area (Å²) < 4.78 is 0. The molecule has 4 aromatic rings.